The van der Waals surface area contributed by atoms with E-state index in [0.717, 1.165) is 18.4 Å². The second-order valence-corrected chi connectivity index (χ2v) is 6.97. The standard InChI is InChI=1S/C17H23ClN2O3/c18-14-5-3-13(4-6-14)15(12-1-2-12)20-16(21)19-11-17(22)7-9-23-10-8-17/h3-6,12,15,22H,1-2,7-11H2,(H2,19,20,21). The third-order valence-electron chi connectivity index (χ3n) is 4.61. The normalized spacial score (nSPS) is 21.5. The summed E-state index contributed by atoms with van der Waals surface area (Å²) in [6, 6.07) is 7.36. The van der Waals surface area contributed by atoms with Gasteiger partial charge in [-0.1, -0.05) is 23.7 Å². The molecule has 1 saturated heterocycles. The molecule has 126 valence electrons. The highest BCUT2D eigenvalue weighted by atomic mass is 35.5. The molecule has 2 fully saturated rings. The molecule has 1 aromatic carbocycles. The van der Waals surface area contributed by atoms with Gasteiger partial charge in [0.25, 0.3) is 0 Å². The van der Waals surface area contributed by atoms with Crippen LogP contribution in [0.25, 0.3) is 0 Å². The van der Waals surface area contributed by atoms with Gasteiger partial charge in [0.2, 0.25) is 0 Å². The largest absolute Gasteiger partial charge is 0.388 e. The molecule has 0 radical (unpaired) electrons. The van der Waals surface area contributed by atoms with Crippen LogP contribution in [0, 0.1) is 5.92 Å². The van der Waals surface area contributed by atoms with Crippen molar-refractivity contribution in [2.24, 2.45) is 5.92 Å². The average molecular weight is 339 g/mol. The molecular weight excluding hydrogens is 316 g/mol. The molecular formula is C17H23ClN2O3. The highest BCUT2D eigenvalue weighted by molar-refractivity contribution is 6.30. The minimum absolute atomic E-state index is 0.00315. The van der Waals surface area contributed by atoms with E-state index in [1.165, 1.54) is 0 Å². The van der Waals surface area contributed by atoms with Crippen LogP contribution in [0.3, 0.4) is 0 Å². The van der Waals surface area contributed by atoms with E-state index in [1.807, 2.05) is 24.3 Å². The van der Waals surface area contributed by atoms with Crippen molar-refractivity contribution in [3.63, 3.8) is 0 Å². The maximum atomic E-state index is 12.2. The van der Waals surface area contributed by atoms with Gasteiger partial charge in [-0.15, -0.1) is 0 Å². The molecule has 5 nitrogen and oxygen atoms in total. The van der Waals surface area contributed by atoms with Crippen molar-refractivity contribution in [3.8, 4) is 0 Å². The van der Waals surface area contributed by atoms with Crippen LogP contribution in [0.2, 0.25) is 5.02 Å². The number of hydrogen-bond acceptors (Lipinski definition) is 3. The summed E-state index contributed by atoms with van der Waals surface area (Å²) in [6.45, 7) is 1.32. The predicted octanol–water partition coefficient (Wildman–Crippen LogP) is 2.63. The van der Waals surface area contributed by atoms with Gasteiger partial charge in [-0.3, -0.25) is 0 Å². The molecule has 2 aliphatic rings. The Morgan fingerprint density at radius 3 is 2.57 bits per heavy atom. The topological polar surface area (TPSA) is 70.6 Å². The lowest BCUT2D eigenvalue weighted by atomic mass is 9.94. The van der Waals surface area contributed by atoms with Crippen LogP contribution in [0.15, 0.2) is 24.3 Å². The molecule has 6 heteroatoms. The van der Waals surface area contributed by atoms with E-state index in [0.29, 0.717) is 37.0 Å². The van der Waals surface area contributed by atoms with Crippen LogP contribution in [0.5, 0.6) is 0 Å². The monoisotopic (exact) mass is 338 g/mol. The molecule has 3 rings (SSSR count). The molecule has 2 amide bonds. The number of rotatable bonds is 5. The first-order chi connectivity index (χ1) is 11.1. The molecule has 3 N–H and O–H groups in total. The fourth-order valence-electron chi connectivity index (χ4n) is 2.94. The van der Waals surface area contributed by atoms with Crippen LogP contribution < -0.4 is 10.6 Å². The van der Waals surface area contributed by atoms with E-state index >= 15 is 0 Å². The maximum absolute atomic E-state index is 12.2. The van der Waals surface area contributed by atoms with Gasteiger partial charge in [-0.05, 0) is 36.5 Å². The zero-order chi connectivity index (χ0) is 16.3. The van der Waals surface area contributed by atoms with Crippen molar-refractivity contribution >= 4 is 17.6 Å². The minimum atomic E-state index is -0.856. The Labute approximate surface area is 141 Å². The summed E-state index contributed by atoms with van der Waals surface area (Å²) in [5.41, 5.74) is 0.210. The van der Waals surface area contributed by atoms with Gasteiger partial charge in [-0.2, -0.15) is 0 Å². The van der Waals surface area contributed by atoms with E-state index in [-0.39, 0.29) is 18.6 Å². The molecule has 1 atom stereocenters. The number of carbonyl (C=O) groups excluding carboxylic acids is 1. The number of benzene rings is 1. The van der Waals surface area contributed by atoms with E-state index in [2.05, 4.69) is 10.6 Å². The van der Waals surface area contributed by atoms with E-state index < -0.39 is 5.60 Å². The Bertz CT molecular complexity index is 539. The molecule has 23 heavy (non-hydrogen) atoms. The number of aliphatic hydroxyl groups is 1. The number of amides is 2. The van der Waals surface area contributed by atoms with Crippen molar-refractivity contribution < 1.29 is 14.6 Å². The van der Waals surface area contributed by atoms with E-state index in [4.69, 9.17) is 16.3 Å². The fraction of sp³-hybridized carbons (Fsp3) is 0.588. The molecule has 0 spiro atoms. The summed E-state index contributed by atoms with van der Waals surface area (Å²) < 4.78 is 5.24. The number of ether oxygens (including phenoxy) is 1. The summed E-state index contributed by atoms with van der Waals surface area (Å²) >= 11 is 5.93. The first-order valence-electron chi connectivity index (χ1n) is 8.16. The average Bonchev–Trinajstić information content (AvgIpc) is 3.37. The zero-order valence-corrected chi connectivity index (χ0v) is 13.8. The van der Waals surface area contributed by atoms with Gasteiger partial charge >= 0.3 is 6.03 Å². The molecule has 1 unspecified atom stereocenters. The minimum Gasteiger partial charge on any atom is -0.388 e. The molecule has 1 saturated carbocycles. The number of hydrogen-bond donors (Lipinski definition) is 3. The van der Waals surface area contributed by atoms with Gasteiger partial charge in [0.15, 0.2) is 0 Å². The van der Waals surface area contributed by atoms with Crippen LogP contribution in [0.4, 0.5) is 4.79 Å². The summed E-state index contributed by atoms with van der Waals surface area (Å²) in [6.07, 6.45) is 3.34. The van der Waals surface area contributed by atoms with Crippen molar-refractivity contribution in [1.82, 2.24) is 10.6 Å². The van der Waals surface area contributed by atoms with Gasteiger partial charge in [0.05, 0.1) is 11.6 Å². The Kier molecular flexibility index (Phi) is 5.09. The number of nitrogens with one attached hydrogen (secondary N) is 2. The first-order valence-corrected chi connectivity index (χ1v) is 8.53. The maximum Gasteiger partial charge on any atom is 0.315 e. The van der Waals surface area contributed by atoms with Gasteiger partial charge in [0.1, 0.15) is 0 Å². The molecule has 1 aromatic rings. The second kappa shape index (κ2) is 7.07. The van der Waals surface area contributed by atoms with Crippen molar-refractivity contribution in [2.75, 3.05) is 19.8 Å². The Hall–Kier alpha value is -1.30. The molecule has 0 bridgehead atoms. The van der Waals surface area contributed by atoms with Crippen LogP contribution in [-0.2, 0) is 4.74 Å². The number of carbonyl (C=O) groups is 1. The SMILES string of the molecule is O=C(NCC1(O)CCOCC1)NC(c1ccc(Cl)cc1)C1CC1. The van der Waals surface area contributed by atoms with Crippen molar-refractivity contribution in [2.45, 2.75) is 37.3 Å². The van der Waals surface area contributed by atoms with Crippen LogP contribution in [-0.4, -0.2) is 36.5 Å². The third-order valence-corrected chi connectivity index (χ3v) is 4.86. The smallest absolute Gasteiger partial charge is 0.315 e. The lowest BCUT2D eigenvalue weighted by Gasteiger charge is -2.32. The van der Waals surface area contributed by atoms with Crippen LogP contribution >= 0.6 is 11.6 Å². The number of halogens is 1. The Balaban J connectivity index is 1.55. The summed E-state index contributed by atoms with van der Waals surface area (Å²) in [5.74, 6) is 0.480. The lowest BCUT2D eigenvalue weighted by molar-refractivity contribution is -0.0600. The third kappa shape index (κ3) is 4.59. The lowest BCUT2D eigenvalue weighted by Crippen LogP contribution is -2.49. The van der Waals surface area contributed by atoms with Gasteiger partial charge in [0, 0.05) is 37.6 Å². The van der Waals surface area contributed by atoms with Crippen molar-refractivity contribution in [1.29, 1.82) is 0 Å². The molecule has 1 heterocycles. The summed E-state index contributed by atoms with van der Waals surface area (Å²) in [4.78, 5) is 12.2. The summed E-state index contributed by atoms with van der Waals surface area (Å²) in [5, 5.41) is 16.9. The molecule has 1 aliphatic carbocycles. The Morgan fingerprint density at radius 2 is 1.96 bits per heavy atom. The second-order valence-electron chi connectivity index (χ2n) is 6.53. The summed E-state index contributed by atoms with van der Waals surface area (Å²) in [7, 11) is 0. The van der Waals surface area contributed by atoms with Crippen molar-refractivity contribution in [3.05, 3.63) is 34.9 Å². The van der Waals surface area contributed by atoms with E-state index in [9.17, 15) is 9.90 Å². The molecule has 1 aliphatic heterocycles. The zero-order valence-electron chi connectivity index (χ0n) is 13.1. The highest BCUT2D eigenvalue weighted by Crippen LogP contribution is 2.41. The first kappa shape index (κ1) is 16.6. The fourth-order valence-corrected chi connectivity index (χ4v) is 3.06. The Morgan fingerprint density at radius 1 is 1.30 bits per heavy atom. The van der Waals surface area contributed by atoms with Crippen LogP contribution in [0.1, 0.15) is 37.3 Å². The van der Waals surface area contributed by atoms with Gasteiger partial charge < -0.3 is 20.5 Å². The van der Waals surface area contributed by atoms with Gasteiger partial charge in [-0.25, -0.2) is 4.79 Å². The quantitative estimate of drug-likeness (QED) is 0.773. The number of urea groups is 1. The van der Waals surface area contributed by atoms with E-state index in [1.54, 1.807) is 0 Å². The highest BCUT2D eigenvalue weighted by Gasteiger charge is 2.34. The predicted molar refractivity (Wildman–Crippen MR) is 88.5 cm³/mol. The molecule has 0 aromatic heterocycles.